The van der Waals surface area contributed by atoms with Crippen LogP contribution in [0.25, 0.3) is 0 Å². The highest BCUT2D eigenvalue weighted by atomic mass is 16.3. The van der Waals surface area contributed by atoms with Crippen LogP contribution in [-0.2, 0) is 52.7 Å². The van der Waals surface area contributed by atoms with Crippen LogP contribution in [0.15, 0.2) is 12.2 Å². The van der Waals surface area contributed by atoms with E-state index in [9.17, 15) is 48.3 Å². The largest absolute Gasteiger partial charge is 0.397 e. The number of nitrogens with one attached hydrogen (secondary N) is 4. The van der Waals surface area contributed by atoms with Crippen molar-refractivity contribution in [3.8, 4) is 0 Å². The monoisotopic (exact) mass is 1250 g/mol. The first-order valence-electron chi connectivity index (χ1n) is 31.6. The molecule has 6 N–H and O–H groups in total. The average molecular weight is 1250 g/mol. The molecule has 24 nitrogen and oxygen atoms in total. The summed E-state index contributed by atoms with van der Waals surface area (Å²) in [6.45, 7) is 31.3. The number of carbonyl (C=O) groups is 11. The molecule has 0 spiro atoms. The van der Waals surface area contributed by atoms with Crippen molar-refractivity contribution in [2.24, 2.45) is 41.4 Å². The van der Waals surface area contributed by atoms with Crippen LogP contribution in [0.2, 0.25) is 0 Å². The Morgan fingerprint density at radius 2 is 0.864 bits per heavy atom. The average Bonchev–Trinajstić information content (AvgIpc) is 2.62. The van der Waals surface area contributed by atoms with Gasteiger partial charge in [-0.2, -0.15) is 0 Å². The van der Waals surface area contributed by atoms with Crippen molar-refractivity contribution >= 4 is 65.0 Å². The van der Waals surface area contributed by atoms with E-state index in [2.05, 4.69) is 21.3 Å². The summed E-state index contributed by atoms with van der Waals surface area (Å²) in [4.78, 5) is 169. The molecule has 1 fully saturated rings. The molecule has 0 aromatic rings. The first kappa shape index (κ1) is 81.8. The van der Waals surface area contributed by atoms with Gasteiger partial charge in [0.25, 0.3) is 0 Å². The molecule has 1 aliphatic heterocycles. The quantitative estimate of drug-likeness (QED) is 0.129. The SMILES string of the molecule is C/C=C/C[C@@H](C)[C@@H](O)[C@H]1C(=O)N[C@@H](CC)C(=O)N(C)CC(=O)N(C)[C@@H](CC(C)C)C(=O)N[C@@H](C(C)C)C(=O)N(C)[C@@H](CC(C)C)C(=O)N[C@@H](C)C(=O)N[C@H](C)C(=O)N(C)[C@@H](CC(C)C)C(=O)N(C)[C@@H](CC(C)C)C(=O)N(C)[C@@H](C(C)C)C(=O)N1C.CCO. The van der Waals surface area contributed by atoms with Crippen molar-refractivity contribution in [1.29, 1.82) is 0 Å². The van der Waals surface area contributed by atoms with Gasteiger partial charge in [0.1, 0.15) is 60.4 Å². The molecule has 11 amide bonds. The summed E-state index contributed by atoms with van der Waals surface area (Å²) < 4.78 is 0. The minimum atomic E-state index is -1.61. The zero-order valence-electron chi connectivity index (χ0n) is 58.2. The molecule has 1 aliphatic rings. The molecule has 0 bridgehead atoms. The Bertz CT molecular complexity index is 2350. The number of allylic oxidation sites excluding steroid dienone is 2. The van der Waals surface area contributed by atoms with Crippen molar-refractivity contribution < 1.29 is 63.0 Å². The van der Waals surface area contributed by atoms with Crippen LogP contribution < -0.4 is 21.3 Å². The summed E-state index contributed by atoms with van der Waals surface area (Å²) >= 11 is 0. The van der Waals surface area contributed by atoms with Crippen LogP contribution >= 0.6 is 0 Å². The van der Waals surface area contributed by atoms with Crippen molar-refractivity contribution in [2.45, 2.75) is 230 Å². The molecule has 0 aromatic heterocycles. The predicted octanol–water partition coefficient (Wildman–Crippen LogP) is 3.27. The molecule has 24 heteroatoms. The Morgan fingerprint density at radius 3 is 1.30 bits per heavy atom. The number of hydrogen-bond acceptors (Lipinski definition) is 13. The fourth-order valence-corrected chi connectivity index (χ4v) is 10.7. The van der Waals surface area contributed by atoms with E-state index in [0.29, 0.717) is 6.42 Å². The number of carbonyl (C=O) groups excluding carboxylic acids is 11. The van der Waals surface area contributed by atoms with E-state index in [1.54, 1.807) is 61.5 Å². The summed E-state index contributed by atoms with van der Waals surface area (Å²) in [6.07, 6.45) is 3.04. The molecule has 0 aliphatic carbocycles. The highest BCUT2D eigenvalue weighted by molar-refractivity contribution is 5.99. The lowest BCUT2D eigenvalue weighted by atomic mass is 9.91. The summed E-state index contributed by atoms with van der Waals surface area (Å²) in [5.41, 5.74) is 0. The Morgan fingerprint density at radius 1 is 0.466 bits per heavy atom. The molecule has 0 unspecified atom stereocenters. The Balaban J connectivity index is 0.0000247. The highest BCUT2D eigenvalue weighted by Gasteiger charge is 2.45. The molecular formula is C64H117N11O13. The molecular weight excluding hydrogens is 1130 g/mol. The zero-order chi connectivity index (χ0) is 68.7. The third kappa shape index (κ3) is 24.0. The normalized spacial score (nSPS) is 26.2. The Labute approximate surface area is 527 Å². The molecule has 1 heterocycles. The number of aliphatic hydroxyl groups is 2. The van der Waals surface area contributed by atoms with E-state index < -0.39 is 156 Å². The van der Waals surface area contributed by atoms with Gasteiger partial charge in [-0.3, -0.25) is 52.7 Å². The second-order valence-electron chi connectivity index (χ2n) is 26.4. The number of amides is 11. The Kier molecular flexibility index (Phi) is 35.7. The molecule has 0 aromatic carbocycles. The van der Waals surface area contributed by atoms with Crippen molar-refractivity contribution in [2.75, 3.05) is 62.5 Å². The molecule has 1 saturated heterocycles. The summed E-state index contributed by atoms with van der Waals surface area (Å²) in [5.74, 6) is -9.71. The van der Waals surface area contributed by atoms with Gasteiger partial charge in [-0.25, -0.2) is 0 Å². The maximum atomic E-state index is 15.1. The lowest BCUT2D eigenvalue weighted by molar-refractivity contribution is -0.157. The fourth-order valence-electron chi connectivity index (χ4n) is 10.7. The Hall–Kier alpha value is -6.17. The molecule has 88 heavy (non-hydrogen) atoms. The third-order valence-electron chi connectivity index (χ3n) is 16.1. The van der Waals surface area contributed by atoms with E-state index in [0.717, 1.165) is 9.80 Å². The van der Waals surface area contributed by atoms with Gasteiger partial charge in [-0.05, 0) is 108 Å². The molecule has 0 radical (unpaired) electrons. The van der Waals surface area contributed by atoms with Gasteiger partial charge < -0.3 is 65.8 Å². The zero-order valence-corrected chi connectivity index (χ0v) is 58.2. The van der Waals surface area contributed by atoms with E-state index >= 15 is 9.59 Å². The first-order chi connectivity index (χ1) is 40.6. The molecule has 12 atom stereocenters. The number of aliphatic hydroxyl groups excluding tert-OH is 2. The van der Waals surface area contributed by atoms with Crippen molar-refractivity contribution in [3.05, 3.63) is 12.2 Å². The smallest absolute Gasteiger partial charge is 0.246 e. The van der Waals surface area contributed by atoms with Gasteiger partial charge >= 0.3 is 0 Å². The third-order valence-corrected chi connectivity index (χ3v) is 16.1. The number of nitrogens with zero attached hydrogens (tertiary/aromatic N) is 7. The van der Waals surface area contributed by atoms with Gasteiger partial charge in [0.05, 0.1) is 12.6 Å². The van der Waals surface area contributed by atoms with Crippen LogP contribution in [0, 0.1) is 41.4 Å². The summed E-state index contributed by atoms with van der Waals surface area (Å²) in [6, 6.07) is -12.3. The van der Waals surface area contributed by atoms with Crippen LogP contribution in [0.3, 0.4) is 0 Å². The first-order valence-corrected chi connectivity index (χ1v) is 31.6. The van der Waals surface area contributed by atoms with E-state index in [-0.39, 0.29) is 62.4 Å². The number of hydrogen-bond donors (Lipinski definition) is 6. The lowest BCUT2D eigenvalue weighted by Gasteiger charge is -2.41. The molecule has 1 rings (SSSR count). The maximum absolute atomic E-state index is 15.1. The van der Waals surface area contributed by atoms with Crippen LogP contribution in [0.4, 0.5) is 0 Å². The number of likely N-dealkylation sites (N-methyl/N-ethyl adjacent to an activating group) is 7. The van der Waals surface area contributed by atoms with E-state index in [1.165, 1.54) is 87.7 Å². The maximum Gasteiger partial charge on any atom is 0.246 e. The van der Waals surface area contributed by atoms with E-state index in [4.69, 9.17) is 5.11 Å². The lowest BCUT2D eigenvalue weighted by Crippen LogP contribution is -2.63. The van der Waals surface area contributed by atoms with Crippen molar-refractivity contribution in [3.63, 3.8) is 0 Å². The van der Waals surface area contributed by atoms with Gasteiger partial charge in [-0.1, -0.05) is 109 Å². The second kappa shape index (κ2) is 38.4. The van der Waals surface area contributed by atoms with Gasteiger partial charge in [0.2, 0.25) is 65.0 Å². The van der Waals surface area contributed by atoms with Gasteiger partial charge in [0.15, 0.2) is 0 Å². The van der Waals surface area contributed by atoms with Crippen LogP contribution in [0.1, 0.15) is 163 Å². The van der Waals surface area contributed by atoms with Crippen molar-refractivity contribution in [1.82, 2.24) is 55.6 Å². The summed E-state index contributed by atoms with van der Waals surface area (Å²) in [5, 5.41) is 30.6. The molecule has 506 valence electrons. The minimum Gasteiger partial charge on any atom is -0.397 e. The van der Waals surface area contributed by atoms with Gasteiger partial charge in [-0.15, -0.1) is 0 Å². The second-order valence-corrected chi connectivity index (χ2v) is 26.4. The highest BCUT2D eigenvalue weighted by Crippen LogP contribution is 2.26. The van der Waals surface area contributed by atoms with Gasteiger partial charge in [0, 0.05) is 55.9 Å². The molecule has 0 saturated carbocycles. The van der Waals surface area contributed by atoms with Crippen LogP contribution in [0.5, 0.6) is 0 Å². The van der Waals surface area contributed by atoms with E-state index in [1.807, 2.05) is 61.5 Å². The number of rotatable bonds is 15. The fraction of sp³-hybridized carbons (Fsp3) is 0.797. The topological polar surface area (TPSA) is 299 Å². The minimum absolute atomic E-state index is 0.0229. The predicted molar refractivity (Wildman–Crippen MR) is 341 cm³/mol. The van der Waals surface area contributed by atoms with Crippen LogP contribution in [-0.4, -0.2) is 238 Å². The summed E-state index contributed by atoms with van der Waals surface area (Å²) in [7, 11) is 9.92. The standard InChI is InChI=1S/C62H111N11O12.C2H6O/c1-25-27-28-40(15)52(75)51-56(79)65-43(26-2)58(81)67(18)33-48(74)68(19)44(29-34(3)4)55(78)66-49(38(11)12)61(84)69(20)45(30-35(5)6)54(77)63-41(16)53(76)64-42(17)57(80)70(21)46(31-36(7)8)59(82)71(22)47(32-37(9)10)60(83)72(23)50(39(13)14)62(85)73(51)24;1-2-3/h25,27,34-47,49-52,75H,26,28-33H2,1-24H3,(H,63,77)(H,64,76)(H,65,79)(H,66,78);3H,2H2,1H3/b27-25+;/t40-,41+,42-,43+,44+,45+,46+,47+,49+,50+,51+,52-;/m1./s1.